The minimum Gasteiger partial charge on any atom is -0.467 e. The van der Waals surface area contributed by atoms with Gasteiger partial charge in [0.25, 0.3) is 0 Å². The molecule has 0 spiro atoms. The van der Waals surface area contributed by atoms with E-state index in [1.807, 2.05) is 19.1 Å². The third kappa shape index (κ3) is 3.07. The summed E-state index contributed by atoms with van der Waals surface area (Å²) < 4.78 is 5.10. The van der Waals surface area contributed by atoms with E-state index in [1.165, 1.54) is 0 Å². The molecule has 0 aromatic carbocycles. The lowest BCUT2D eigenvalue weighted by Crippen LogP contribution is -2.28. The molecule has 0 aliphatic rings. The van der Waals surface area contributed by atoms with Gasteiger partial charge in [0.1, 0.15) is 11.6 Å². The summed E-state index contributed by atoms with van der Waals surface area (Å²) >= 11 is 0. The van der Waals surface area contributed by atoms with E-state index in [1.54, 1.807) is 24.6 Å². The van der Waals surface area contributed by atoms with Crippen LogP contribution < -0.4 is 10.6 Å². The Kier molecular flexibility index (Phi) is 3.40. The first-order valence-corrected chi connectivity index (χ1v) is 5.24. The first kappa shape index (κ1) is 11.2. The largest absolute Gasteiger partial charge is 0.467 e. The van der Waals surface area contributed by atoms with Gasteiger partial charge in [0.2, 0.25) is 0 Å². The van der Waals surface area contributed by atoms with Crippen LogP contribution in [0.5, 0.6) is 0 Å². The van der Waals surface area contributed by atoms with Crippen molar-refractivity contribution in [3.05, 3.63) is 48.0 Å². The minimum atomic E-state index is -0.303. The van der Waals surface area contributed by atoms with Crippen molar-refractivity contribution in [3.63, 3.8) is 0 Å². The smallest absolute Gasteiger partial charge is 0.320 e. The Morgan fingerprint density at radius 3 is 3.00 bits per heavy atom. The molecule has 0 fully saturated rings. The standard InChI is InChI=1S/C12H13N3O2/c1-9-4-2-6-13-11(9)15-12(16)14-8-10-5-3-7-17-10/h2-7H,8H2,1H3,(H2,13,14,15,16). The Bertz CT molecular complexity index is 494. The van der Waals surface area contributed by atoms with Gasteiger partial charge < -0.3 is 9.73 Å². The highest BCUT2D eigenvalue weighted by molar-refractivity contribution is 5.88. The number of nitrogens with zero attached hydrogens (tertiary/aromatic N) is 1. The van der Waals surface area contributed by atoms with Gasteiger partial charge in [0, 0.05) is 6.20 Å². The van der Waals surface area contributed by atoms with Crippen LogP contribution in [0.2, 0.25) is 0 Å². The maximum atomic E-state index is 11.6. The van der Waals surface area contributed by atoms with E-state index in [0.29, 0.717) is 18.1 Å². The summed E-state index contributed by atoms with van der Waals surface area (Å²) in [5.41, 5.74) is 0.917. The fourth-order valence-corrected chi connectivity index (χ4v) is 1.35. The quantitative estimate of drug-likeness (QED) is 0.851. The highest BCUT2D eigenvalue weighted by Gasteiger charge is 2.05. The van der Waals surface area contributed by atoms with Crippen LogP contribution in [0.25, 0.3) is 0 Å². The number of nitrogens with one attached hydrogen (secondary N) is 2. The third-order valence-corrected chi connectivity index (χ3v) is 2.24. The summed E-state index contributed by atoms with van der Waals surface area (Å²) in [5, 5.41) is 5.35. The molecular weight excluding hydrogens is 218 g/mol. The van der Waals surface area contributed by atoms with Crippen molar-refractivity contribution in [2.75, 3.05) is 5.32 Å². The highest BCUT2D eigenvalue weighted by Crippen LogP contribution is 2.08. The van der Waals surface area contributed by atoms with Crippen molar-refractivity contribution in [2.45, 2.75) is 13.5 Å². The van der Waals surface area contributed by atoms with Gasteiger partial charge in [-0.15, -0.1) is 0 Å². The number of rotatable bonds is 3. The number of hydrogen-bond donors (Lipinski definition) is 2. The summed E-state index contributed by atoms with van der Waals surface area (Å²) in [4.78, 5) is 15.6. The van der Waals surface area contributed by atoms with Crippen molar-refractivity contribution in [1.82, 2.24) is 10.3 Å². The van der Waals surface area contributed by atoms with E-state index >= 15 is 0 Å². The van der Waals surface area contributed by atoms with Gasteiger partial charge >= 0.3 is 6.03 Å². The first-order valence-electron chi connectivity index (χ1n) is 5.24. The second kappa shape index (κ2) is 5.16. The second-order valence-electron chi connectivity index (χ2n) is 3.56. The molecule has 5 heteroatoms. The second-order valence-corrected chi connectivity index (χ2v) is 3.56. The number of amides is 2. The Morgan fingerprint density at radius 1 is 1.41 bits per heavy atom. The number of aromatic nitrogens is 1. The molecule has 0 saturated carbocycles. The van der Waals surface area contributed by atoms with Crippen molar-refractivity contribution in [3.8, 4) is 0 Å². The Balaban J connectivity index is 1.87. The monoisotopic (exact) mass is 231 g/mol. The zero-order valence-corrected chi connectivity index (χ0v) is 9.43. The zero-order valence-electron chi connectivity index (χ0n) is 9.43. The number of furan rings is 1. The molecule has 17 heavy (non-hydrogen) atoms. The Morgan fingerprint density at radius 2 is 2.29 bits per heavy atom. The molecule has 0 aliphatic carbocycles. The molecule has 2 aromatic rings. The lowest BCUT2D eigenvalue weighted by atomic mass is 10.3. The fraction of sp³-hybridized carbons (Fsp3) is 0.167. The van der Waals surface area contributed by atoms with Gasteiger partial charge in [0.05, 0.1) is 12.8 Å². The van der Waals surface area contributed by atoms with Crippen LogP contribution in [0.15, 0.2) is 41.1 Å². The summed E-state index contributed by atoms with van der Waals surface area (Å²) in [6, 6.07) is 6.98. The number of anilines is 1. The average molecular weight is 231 g/mol. The van der Waals surface area contributed by atoms with Gasteiger partial charge in [-0.1, -0.05) is 6.07 Å². The number of urea groups is 1. The van der Waals surface area contributed by atoms with Gasteiger partial charge in [-0.25, -0.2) is 9.78 Å². The van der Waals surface area contributed by atoms with E-state index < -0.39 is 0 Å². The number of carbonyl (C=O) groups excluding carboxylic acids is 1. The van der Waals surface area contributed by atoms with Crippen molar-refractivity contribution >= 4 is 11.8 Å². The SMILES string of the molecule is Cc1cccnc1NC(=O)NCc1ccco1. The molecule has 0 atom stereocenters. The molecule has 2 amide bonds. The van der Waals surface area contributed by atoms with Crippen LogP contribution in [0.3, 0.4) is 0 Å². The maximum Gasteiger partial charge on any atom is 0.320 e. The van der Waals surface area contributed by atoms with E-state index in [0.717, 1.165) is 5.56 Å². The van der Waals surface area contributed by atoms with Crippen LogP contribution >= 0.6 is 0 Å². The summed E-state index contributed by atoms with van der Waals surface area (Å²) in [6.07, 6.45) is 3.20. The lowest BCUT2D eigenvalue weighted by molar-refractivity contribution is 0.250. The number of hydrogen-bond acceptors (Lipinski definition) is 3. The Hall–Kier alpha value is -2.30. The van der Waals surface area contributed by atoms with E-state index in [-0.39, 0.29) is 6.03 Å². The van der Waals surface area contributed by atoms with Crippen molar-refractivity contribution in [1.29, 1.82) is 0 Å². The molecule has 2 N–H and O–H groups in total. The predicted octanol–water partition coefficient (Wildman–Crippen LogP) is 2.30. The lowest BCUT2D eigenvalue weighted by Gasteiger charge is -2.07. The molecule has 0 saturated heterocycles. The van der Waals surface area contributed by atoms with Gasteiger partial charge in [-0.05, 0) is 30.7 Å². The number of carbonyl (C=O) groups is 1. The van der Waals surface area contributed by atoms with Crippen LogP contribution in [-0.4, -0.2) is 11.0 Å². The van der Waals surface area contributed by atoms with E-state index in [4.69, 9.17) is 4.42 Å². The zero-order chi connectivity index (χ0) is 12.1. The van der Waals surface area contributed by atoms with Crippen molar-refractivity contribution < 1.29 is 9.21 Å². The Labute approximate surface area is 98.9 Å². The summed E-state index contributed by atoms with van der Waals surface area (Å²) in [6.45, 7) is 2.24. The topological polar surface area (TPSA) is 67.2 Å². The van der Waals surface area contributed by atoms with Gasteiger partial charge in [0.15, 0.2) is 0 Å². The molecular formula is C12H13N3O2. The normalized spacial score (nSPS) is 9.94. The summed E-state index contributed by atoms with van der Waals surface area (Å²) in [7, 11) is 0. The molecule has 2 heterocycles. The predicted molar refractivity (Wildman–Crippen MR) is 63.5 cm³/mol. The first-order chi connectivity index (χ1) is 8.25. The number of pyridine rings is 1. The highest BCUT2D eigenvalue weighted by atomic mass is 16.3. The molecule has 0 radical (unpaired) electrons. The van der Waals surface area contributed by atoms with Crippen molar-refractivity contribution in [2.24, 2.45) is 0 Å². The van der Waals surface area contributed by atoms with E-state index in [9.17, 15) is 4.79 Å². The van der Waals surface area contributed by atoms with Crippen LogP contribution in [0, 0.1) is 6.92 Å². The molecule has 5 nitrogen and oxygen atoms in total. The van der Waals surface area contributed by atoms with Gasteiger partial charge in [-0.2, -0.15) is 0 Å². The molecule has 88 valence electrons. The fourth-order valence-electron chi connectivity index (χ4n) is 1.35. The molecule has 2 aromatic heterocycles. The third-order valence-electron chi connectivity index (χ3n) is 2.24. The molecule has 2 rings (SSSR count). The molecule has 0 bridgehead atoms. The van der Waals surface area contributed by atoms with Crippen LogP contribution in [0.1, 0.15) is 11.3 Å². The van der Waals surface area contributed by atoms with E-state index in [2.05, 4.69) is 15.6 Å². The van der Waals surface area contributed by atoms with Crippen LogP contribution in [-0.2, 0) is 6.54 Å². The summed E-state index contributed by atoms with van der Waals surface area (Å²) in [5.74, 6) is 1.27. The maximum absolute atomic E-state index is 11.6. The average Bonchev–Trinajstić information content (AvgIpc) is 2.82. The molecule has 0 unspecified atom stereocenters. The van der Waals surface area contributed by atoms with Crippen LogP contribution in [0.4, 0.5) is 10.6 Å². The number of aryl methyl sites for hydroxylation is 1. The molecule has 0 aliphatic heterocycles. The minimum absolute atomic E-state index is 0.303. The van der Waals surface area contributed by atoms with Gasteiger partial charge in [-0.3, -0.25) is 5.32 Å².